The van der Waals surface area contributed by atoms with Crippen LogP contribution in [-0.4, -0.2) is 73.7 Å². The number of amides is 2. The van der Waals surface area contributed by atoms with Crippen molar-refractivity contribution in [3.63, 3.8) is 0 Å². The Morgan fingerprint density at radius 1 is 0.886 bits per heavy atom. The van der Waals surface area contributed by atoms with Crippen LogP contribution in [0, 0.1) is 30.6 Å². The quantitative estimate of drug-likeness (QED) is 0.146. The molecule has 0 atom stereocenters. The molecule has 0 unspecified atom stereocenters. The first kappa shape index (κ1) is 34.5. The maximum absolute atomic E-state index is 11.6. The molecule has 230 valence electrons. The standard InChI is InChI=1S/C34H36N2O5S3/c1-7-40-34(39)23-41-31-15-12-29(22-24(31)2)42-21-18-30(32-16-13-27(43-32)10-8-19-35(5)25(3)37)33-17-14-28(44-33)11-9-20-36(6)26(4)38/h12-18,22H,7,19-21,23H2,1-6H3. The zero-order valence-corrected chi connectivity index (χ0v) is 28.3. The molecule has 0 saturated carbocycles. The minimum absolute atomic E-state index is 0.0209. The van der Waals surface area contributed by atoms with Gasteiger partial charge in [-0.3, -0.25) is 9.59 Å². The predicted octanol–water partition coefficient (Wildman–Crippen LogP) is 5.94. The second-order valence-corrected chi connectivity index (χ2v) is 12.9. The van der Waals surface area contributed by atoms with E-state index in [0.717, 1.165) is 41.3 Å². The Labute approximate surface area is 272 Å². The van der Waals surface area contributed by atoms with Gasteiger partial charge in [0.1, 0.15) is 5.75 Å². The summed E-state index contributed by atoms with van der Waals surface area (Å²) >= 11 is 4.92. The van der Waals surface area contributed by atoms with Gasteiger partial charge in [0.25, 0.3) is 0 Å². The Kier molecular flexibility index (Phi) is 13.6. The molecule has 0 spiro atoms. The van der Waals surface area contributed by atoms with E-state index in [9.17, 15) is 14.4 Å². The van der Waals surface area contributed by atoms with Gasteiger partial charge in [-0.1, -0.05) is 29.8 Å². The Morgan fingerprint density at radius 3 is 1.95 bits per heavy atom. The predicted molar refractivity (Wildman–Crippen MR) is 180 cm³/mol. The lowest BCUT2D eigenvalue weighted by Crippen LogP contribution is -2.23. The van der Waals surface area contributed by atoms with Crippen molar-refractivity contribution in [3.8, 4) is 29.4 Å². The highest BCUT2D eigenvalue weighted by Crippen LogP contribution is 2.35. The van der Waals surface area contributed by atoms with E-state index in [1.54, 1.807) is 65.3 Å². The molecule has 2 aromatic heterocycles. The number of esters is 1. The van der Waals surface area contributed by atoms with Crippen LogP contribution in [0.3, 0.4) is 0 Å². The van der Waals surface area contributed by atoms with Crippen molar-refractivity contribution in [2.45, 2.75) is 32.6 Å². The summed E-state index contributed by atoms with van der Waals surface area (Å²) in [6.07, 6.45) is 2.21. The van der Waals surface area contributed by atoms with Gasteiger partial charge in [0, 0.05) is 53.9 Å². The van der Waals surface area contributed by atoms with Gasteiger partial charge in [0.05, 0.1) is 29.5 Å². The number of benzene rings is 1. The number of thiophene rings is 2. The van der Waals surface area contributed by atoms with Crippen molar-refractivity contribution in [3.05, 3.63) is 73.6 Å². The van der Waals surface area contributed by atoms with Crippen LogP contribution in [0.15, 0.2) is 53.4 Å². The van der Waals surface area contributed by atoms with E-state index in [0.29, 0.717) is 25.4 Å². The normalized spacial score (nSPS) is 10.0. The number of ether oxygens (including phenoxy) is 2. The fourth-order valence-electron chi connectivity index (χ4n) is 3.57. The van der Waals surface area contributed by atoms with Gasteiger partial charge in [0.15, 0.2) is 6.61 Å². The molecule has 10 heteroatoms. The van der Waals surface area contributed by atoms with Crippen LogP contribution in [-0.2, 0) is 19.1 Å². The Morgan fingerprint density at radius 2 is 1.45 bits per heavy atom. The van der Waals surface area contributed by atoms with E-state index in [1.165, 1.54) is 13.8 Å². The molecule has 2 amide bonds. The van der Waals surface area contributed by atoms with Crippen LogP contribution < -0.4 is 4.74 Å². The molecule has 0 radical (unpaired) electrons. The summed E-state index contributed by atoms with van der Waals surface area (Å²) in [6, 6.07) is 14.1. The number of hydrogen-bond donors (Lipinski definition) is 0. The SMILES string of the molecule is CCOC(=O)COc1ccc(SCC=C(c2ccc(C#CCN(C)C(C)=O)s2)c2ccc(C#CCN(C)C(C)=O)s2)cc1C. The molecule has 0 aliphatic carbocycles. The number of hydrogen-bond acceptors (Lipinski definition) is 8. The van der Waals surface area contributed by atoms with Crippen LogP contribution in [0.1, 0.15) is 45.8 Å². The molecule has 3 aromatic rings. The van der Waals surface area contributed by atoms with Gasteiger partial charge in [-0.05, 0) is 61.9 Å². The number of rotatable bonds is 11. The third kappa shape index (κ3) is 10.9. The van der Waals surface area contributed by atoms with Crippen LogP contribution in [0.4, 0.5) is 0 Å². The van der Waals surface area contributed by atoms with Crippen LogP contribution >= 0.6 is 34.4 Å². The lowest BCUT2D eigenvalue weighted by atomic mass is 10.2. The summed E-state index contributed by atoms with van der Waals surface area (Å²) in [6.45, 7) is 7.73. The number of carbonyl (C=O) groups is 3. The van der Waals surface area contributed by atoms with Gasteiger partial charge in [-0.2, -0.15) is 0 Å². The number of thioether (sulfide) groups is 1. The van der Waals surface area contributed by atoms with Crippen molar-refractivity contribution in [1.82, 2.24) is 9.80 Å². The summed E-state index contributed by atoms with van der Waals surface area (Å²) in [4.78, 5) is 42.9. The molecule has 2 heterocycles. The molecular weight excluding hydrogens is 613 g/mol. The Bertz CT molecular complexity index is 1550. The molecule has 0 saturated heterocycles. The summed E-state index contributed by atoms with van der Waals surface area (Å²) in [5.41, 5.74) is 2.04. The Balaban J connectivity index is 1.80. The molecule has 3 rings (SSSR count). The van der Waals surface area contributed by atoms with Crippen molar-refractivity contribution in [2.24, 2.45) is 0 Å². The molecule has 0 bridgehead atoms. The molecule has 0 fully saturated rings. The Hall–Kier alpha value is -3.96. The van der Waals surface area contributed by atoms with Crippen LogP contribution in [0.25, 0.3) is 5.57 Å². The second kappa shape index (κ2) is 17.4. The lowest BCUT2D eigenvalue weighted by Gasteiger charge is -2.10. The van der Waals surface area contributed by atoms with E-state index in [4.69, 9.17) is 9.47 Å². The summed E-state index contributed by atoms with van der Waals surface area (Å²) in [7, 11) is 3.46. The second-order valence-electron chi connectivity index (χ2n) is 9.63. The molecule has 1 aromatic carbocycles. The van der Waals surface area contributed by atoms with Crippen molar-refractivity contribution >= 4 is 57.8 Å². The number of aryl methyl sites for hydroxylation is 1. The maximum atomic E-state index is 11.6. The third-order valence-electron chi connectivity index (χ3n) is 6.21. The molecule has 7 nitrogen and oxygen atoms in total. The van der Waals surface area contributed by atoms with Gasteiger partial charge in [0.2, 0.25) is 11.8 Å². The van der Waals surface area contributed by atoms with Crippen LogP contribution in [0.2, 0.25) is 0 Å². The average molecular weight is 649 g/mol. The monoisotopic (exact) mass is 648 g/mol. The smallest absolute Gasteiger partial charge is 0.344 e. The molecule has 0 aliphatic rings. The highest BCUT2D eigenvalue weighted by Gasteiger charge is 2.12. The van der Waals surface area contributed by atoms with Gasteiger partial charge in [-0.25, -0.2) is 4.79 Å². The van der Waals surface area contributed by atoms with Crippen LogP contribution in [0.5, 0.6) is 5.75 Å². The number of carbonyl (C=O) groups excluding carboxylic acids is 3. The summed E-state index contributed by atoms with van der Waals surface area (Å²) < 4.78 is 10.6. The van der Waals surface area contributed by atoms with Crippen molar-refractivity contribution < 1.29 is 23.9 Å². The topological polar surface area (TPSA) is 76.2 Å². The van der Waals surface area contributed by atoms with E-state index in [2.05, 4.69) is 41.9 Å². The molecule has 0 aliphatic heterocycles. The first-order valence-corrected chi connectivity index (χ1v) is 16.5. The minimum atomic E-state index is -0.389. The third-order valence-corrected chi connectivity index (χ3v) is 9.20. The van der Waals surface area contributed by atoms with Gasteiger partial charge < -0.3 is 19.3 Å². The van der Waals surface area contributed by atoms with E-state index in [-0.39, 0.29) is 24.4 Å². The first-order chi connectivity index (χ1) is 21.1. The largest absolute Gasteiger partial charge is 0.482 e. The van der Waals surface area contributed by atoms with Crippen molar-refractivity contribution in [1.29, 1.82) is 0 Å². The highest BCUT2D eigenvalue weighted by atomic mass is 32.2. The van der Waals surface area contributed by atoms with E-state index in [1.807, 2.05) is 37.3 Å². The fraction of sp³-hybridized carbons (Fsp3) is 0.324. The molecular formula is C34H36N2O5S3. The molecule has 0 N–H and O–H groups in total. The first-order valence-electron chi connectivity index (χ1n) is 13.9. The summed E-state index contributed by atoms with van der Waals surface area (Å²) in [5.74, 6) is 13.5. The van der Waals surface area contributed by atoms with Gasteiger partial charge in [-0.15, -0.1) is 34.4 Å². The van der Waals surface area contributed by atoms with Crippen molar-refractivity contribution in [2.75, 3.05) is 46.2 Å². The fourth-order valence-corrected chi connectivity index (χ4v) is 6.37. The highest BCUT2D eigenvalue weighted by molar-refractivity contribution is 7.99. The van der Waals surface area contributed by atoms with E-state index >= 15 is 0 Å². The maximum Gasteiger partial charge on any atom is 0.344 e. The zero-order chi connectivity index (χ0) is 32.1. The summed E-state index contributed by atoms with van der Waals surface area (Å²) in [5, 5.41) is 0. The van der Waals surface area contributed by atoms with Gasteiger partial charge >= 0.3 is 5.97 Å². The number of nitrogens with zero attached hydrogens (tertiary/aromatic N) is 2. The average Bonchev–Trinajstić information content (AvgIpc) is 3.65. The van der Waals surface area contributed by atoms with E-state index < -0.39 is 0 Å². The zero-order valence-electron chi connectivity index (χ0n) is 25.8. The molecule has 44 heavy (non-hydrogen) atoms. The lowest BCUT2D eigenvalue weighted by molar-refractivity contribution is -0.145. The minimum Gasteiger partial charge on any atom is -0.482 e.